The SMILES string of the molecule is O=C1C2CCCCC2SN1c1ccc(CC(O)(P(=O)(O)O)P(=O)(O)O)cc1. The Labute approximate surface area is 160 Å². The van der Waals surface area contributed by atoms with Crippen molar-refractivity contribution < 1.29 is 38.6 Å². The van der Waals surface area contributed by atoms with Gasteiger partial charge >= 0.3 is 15.2 Å². The Morgan fingerprint density at radius 3 is 2.11 bits per heavy atom. The van der Waals surface area contributed by atoms with Crippen LogP contribution < -0.4 is 4.31 Å². The molecular formula is C15H21NO8P2S. The number of nitrogens with zero attached hydrogens (tertiary/aromatic N) is 1. The molecule has 0 bridgehead atoms. The Morgan fingerprint density at radius 1 is 1.04 bits per heavy atom. The Morgan fingerprint density at radius 2 is 1.59 bits per heavy atom. The van der Waals surface area contributed by atoms with Crippen molar-refractivity contribution in [2.75, 3.05) is 4.31 Å². The molecule has 5 N–H and O–H groups in total. The summed E-state index contributed by atoms with van der Waals surface area (Å²) < 4.78 is 24.5. The van der Waals surface area contributed by atoms with Gasteiger partial charge in [0.1, 0.15) is 0 Å². The molecule has 0 spiro atoms. The van der Waals surface area contributed by atoms with Crippen LogP contribution in [0.15, 0.2) is 24.3 Å². The summed E-state index contributed by atoms with van der Waals surface area (Å²) in [5.41, 5.74) is 0.709. The van der Waals surface area contributed by atoms with Crippen molar-refractivity contribution in [2.24, 2.45) is 5.92 Å². The van der Waals surface area contributed by atoms with E-state index in [0.29, 0.717) is 5.69 Å². The van der Waals surface area contributed by atoms with E-state index in [4.69, 9.17) is 0 Å². The summed E-state index contributed by atoms with van der Waals surface area (Å²) in [7, 11) is -11.0. The maximum Gasteiger partial charge on any atom is 0.369 e. The van der Waals surface area contributed by atoms with Gasteiger partial charge in [0, 0.05) is 11.7 Å². The van der Waals surface area contributed by atoms with Gasteiger partial charge in [0.15, 0.2) is 0 Å². The second-order valence-corrected chi connectivity index (χ2v) is 12.1. The lowest BCUT2D eigenvalue weighted by molar-refractivity contribution is -0.120. The molecule has 2 fully saturated rings. The fraction of sp³-hybridized carbons (Fsp3) is 0.533. The average molecular weight is 437 g/mol. The van der Waals surface area contributed by atoms with E-state index in [1.54, 1.807) is 4.31 Å². The summed E-state index contributed by atoms with van der Waals surface area (Å²) in [4.78, 5) is 49.5. The molecule has 12 heteroatoms. The number of fused-ring (bicyclic) bond motifs is 1. The molecule has 1 aliphatic carbocycles. The topological polar surface area (TPSA) is 156 Å². The van der Waals surface area contributed by atoms with Gasteiger partial charge in [-0.25, -0.2) is 0 Å². The highest BCUT2D eigenvalue weighted by Crippen LogP contribution is 2.68. The third kappa shape index (κ3) is 3.91. The van der Waals surface area contributed by atoms with Crippen molar-refractivity contribution in [3.8, 4) is 0 Å². The predicted molar refractivity (Wildman–Crippen MR) is 100 cm³/mol. The zero-order valence-electron chi connectivity index (χ0n) is 14.2. The van der Waals surface area contributed by atoms with Crippen LogP contribution in [0.1, 0.15) is 31.2 Å². The second-order valence-electron chi connectivity index (χ2n) is 6.87. The molecule has 0 radical (unpaired) electrons. The van der Waals surface area contributed by atoms with Gasteiger partial charge in [-0.05, 0) is 42.5 Å². The van der Waals surface area contributed by atoms with Crippen LogP contribution in [0.4, 0.5) is 5.69 Å². The molecule has 1 amide bonds. The normalized spacial score (nSPS) is 24.2. The van der Waals surface area contributed by atoms with Crippen LogP contribution in [0.5, 0.6) is 0 Å². The first kappa shape index (κ1) is 21.0. The third-order valence-corrected chi connectivity index (χ3v) is 10.2. The maximum atomic E-state index is 12.6. The molecule has 2 atom stereocenters. The molecule has 2 unspecified atom stereocenters. The summed E-state index contributed by atoms with van der Waals surface area (Å²) >= 11 is 1.47. The van der Waals surface area contributed by atoms with Crippen molar-refractivity contribution in [2.45, 2.75) is 42.4 Å². The number of carbonyl (C=O) groups excluding carboxylic acids is 1. The van der Waals surface area contributed by atoms with Crippen molar-refractivity contribution in [3.05, 3.63) is 29.8 Å². The largest absolute Gasteiger partial charge is 0.369 e. The van der Waals surface area contributed by atoms with Crippen LogP contribution in [-0.2, 0) is 20.3 Å². The Hall–Kier alpha value is -0.700. The highest BCUT2D eigenvalue weighted by molar-refractivity contribution is 8.02. The number of hydrogen-bond acceptors (Lipinski definition) is 5. The number of rotatable bonds is 5. The fourth-order valence-electron chi connectivity index (χ4n) is 3.43. The number of benzene rings is 1. The molecule has 9 nitrogen and oxygen atoms in total. The lowest BCUT2D eigenvalue weighted by Gasteiger charge is -2.29. The van der Waals surface area contributed by atoms with Gasteiger partial charge in [-0.1, -0.05) is 25.0 Å². The zero-order chi connectivity index (χ0) is 20.0. The Kier molecular flexibility index (Phi) is 5.67. The van der Waals surface area contributed by atoms with E-state index < -0.39 is 26.7 Å². The quantitative estimate of drug-likeness (QED) is 0.342. The molecule has 3 rings (SSSR count). The summed E-state index contributed by atoms with van der Waals surface area (Å²) in [5.74, 6) is 0.0252. The fourth-order valence-corrected chi connectivity index (χ4v) is 6.99. The lowest BCUT2D eigenvalue weighted by atomic mass is 9.88. The Balaban J connectivity index is 1.81. The summed E-state index contributed by atoms with van der Waals surface area (Å²) in [6, 6.07) is 5.86. The molecule has 1 aromatic carbocycles. The van der Waals surface area contributed by atoms with Crippen molar-refractivity contribution in [1.82, 2.24) is 0 Å². The van der Waals surface area contributed by atoms with Gasteiger partial charge in [0.05, 0.1) is 11.6 Å². The van der Waals surface area contributed by atoms with Crippen molar-refractivity contribution in [3.63, 3.8) is 0 Å². The van der Waals surface area contributed by atoms with E-state index in [1.165, 1.54) is 36.2 Å². The molecule has 2 aliphatic rings. The molecule has 0 aromatic heterocycles. The number of amides is 1. The van der Waals surface area contributed by atoms with Crippen LogP contribution in [-0.4, -0.2) is 40.9 Å². The zero-order valence-corrected chi connectivity index (χ0v) is 16.8. The molecule has 150 valence electrons. The van der Waals surface area contributed by atoms with Crippen LogP contribution in [0.2, 0.25) is 0 Å². The Bertz CT molecular complexity index is 798. The van der Waals surface area contributed by atoms with Crippen LogP contribution in [0.3, 0.4) is 0 Å². The molecular weight excluding hydrogens is 416 g/mol. The van der Waals surface area contributed by atoms with Crippen LogP contribution in [0, 0.1) is 5.92 Å². The van der Waals surface area contributed by atoms with E-state index in [2.05, 4.69) is 0 Å². The van der Waals surface area contributed by atoms with Crippen molar-refractivity contribution in [1.29, 1.82) is 0 Å². The minimum atomic E-state index is -5.51. The summed E-state index contributed by atoms with van der Waals surface area (Å²) in [5, 5.41) is 6.76. The monoisotopic (exact) mass is 437 g/mol. The molecule has 1 aromatic rings. The smallest absolute Gasteiger partial charge is 0.367 e. The highest BCUT2D eigenvalue weighted by Gasteiger charge is 2.59. The predicted octanol–water partition coefficient (Wildman–Crippen LogP) is 1.78. The second kappa shape index (κ2) is 7.28. The van der Waals surface area contributed by atoms with Gasteiger partial charge in [-0.2, -0.15) is 0 Å². The van der Waals surface area contributed by atoms with E-state index >= 15 is 0 Å². The number of aliphatic hydroxyl groups is 1. The first-order chi connectivity index (χ1) is 12.4. The molecule has 1 saturated carbocycles. The number of carbonyl (C=O) groups is 1. The first-order valence-electron chi connectivity index (χ1n) is 8.37. The van der Waals surface area contributed by atoms with E-state index in [-0.39, 0.29) is 22.6 Å². The summed E-state index contributed by atoms with van der Waals surface area (Å²) in [6.45, 7) is 0. The minimum Gasteiger partial charge on any atom is -0.367 e. The third-order valence-electron chi connectivity index (χ3n) is 5.01. The average Bonchev–Trinajstić information content (AvgIpc) is 2.91. The molecule has 1 heterocycles. The highest BCUT2D eigenvalue weighted by atomic mass is 32.2. The standard InChI is InChI=1S/C15H21NO8P2S/c17-14-12-3-1-2-4-13(12)27-16(14)11-7-5-10(6-8-11)9-15(18,25(19,20)21)26(22,23)24/h5-8,12-13,18H,1-4,9H2,(H2,19,20,21)(H2,22,23,24). The minimum absolute atomic E-state index is 0.00201. The van der Waals surface area contributed by atoms with Gasteiger partial charge in [-0.15, -0.1) is 0 Å². The van der Waals surface area contributed by atoms with Crippen molar-refractivity contribution >= 4 is 38.7 Å². The maximum absolute atomic E-state index is 12.6. The first-order valence-corrected chi connectivity index (χ1v) is 12.4. The molecule has 1 aliphatic heterocycles. The summed E-state index contributed by atoms with van der Waals surface area (Å²) in [6.07, 6.45) is 3.05. The van der Waals surface area contributed by atoms with Crippen LogP contribution in [0.25, 0.3) is 0 Å². The number of hydrogen-bond donors (Lipinski definition) is 5. The van der Waals surface area contributed by atoms with Crippen LogP contribution >= 0.6 is 27.1 Å². The molecule has 1 saturated heterocycles. The number of anilines is 1. The van der Waals surface area contributed by atoms with Gasteiger partial charge in [0.25, 0.3) is 5.08 Å². The van der Waals surface area contributed by atoms with Gasteiger partial charge < -0.3 is 24.7 Å². The van der Waals surface area contributed by atoms with E-state index in [0.717, 1.165) is 25.7 Å². The van der Waals surface area contributed by atoms with Gasteiger partial charge in [-0.3, -0.25) is 18.2 Å². The van der Waals surface area contributed by atoms with E-state index in [1.807, 2.05) is 0 Å². The molecule has 27 heavy (non-hydrogen) atoms. The van der Waals surface area contributed by atoms with Gasteiger partial charge in [0.2, 0.25) is 5.91 Å². The van der Waals surface area contributed by atoms with E-state index in [9.17, 15) is 38.6 Å². The lowest BCUT2D eigenvalue weighted by Crippen LogP contribution is -2.31.